The molecule has 0 radical (unpaired) electrons. The summed E-state index contributed by atoms with van der Waals surface area (Å²) in [6.45, 7) is 3.01. The van der Waals surface area contributed by atoms with Crippen LogP contribution in [0.15, 0.2) is 35.2 Å². The van der Waals surface area contributed by atoms with Crippen LogP contribution in [0.2, 0.25) is 0 Å². The molecule has 1 aliphatic heterocycles. The molecule has 0 aromatic heterocycles. The van der Waals surface area contributed by atoms with Crippen LogP contribution in [0.3, 0.4) is 0 Å². The molecule has 1 atom stereocenters. The van der Waals surface area contributed by atoms with Gasteiger partial charge in [-0.15, -0.1) is 11.8 Å². The lowest BCUT2D eigenvalue weighted by molar-refractivity contribution is -0.138. The minimum Gasteiger partial charge on any atom is -0.305 e. The van der Waals surface area contributed by atoms with E-state index in [9.17, 15) is 9.59 Å². The number of likely N-dealkylation sites (tertiary alicyclic amines) is 1. The molecule has 2 rings (SSSR count). The number of likely N-dealkylation sites (N-methyl/N-ethyl adjacent to an activating group) is 1. The smallest absolute Gasteiger partial charge is 0.246 e. The lowest BCUT2D eigenvalue weighted by atomic mass is 10.2. The highest BCUT2D eigenvalue weighted by Gasteiger charge is 2.36. The minimum absolute atomic E-state index is 0.0688. The Morgan fingerprint density at radius 1 is 1.32 bits per heavy atom. The molecule has 0 aliphatic carbocycles. The molecule has 1 aromatic carbocycles. The third-order valence-corrected chi connectivity index (χ3v) is 4.08. The molecule has 19 heavy (non-hydrogen) atoms. The van der Waals surface area contributed by atoms with Crippen LogP contribution in [-0.4, -0.2) is 41.6 Å². The molecule has 0 bridgehead atoms. The first-order chi connectivity index (χ1) is 9.22. The summed E-state index contributed by atoms with van der Waals surface area (Å²) < 4.78 is 0. The molecular weight excluding hydrogens is 260 g/mol. The standard InChI is InChI=1S/C14H18N2O2S/c1-2-16-13(17)10-12(14(16)18)15-8-9-19-11-6-4-3-5-7-11/h3-7,12,15H,2,8-10H2,1H3. The van der Waals surface area contributed by atoms with Gasteiger partial charge in [-0.3, -0.25) is 14.5 Å². The predicted molar refractivity (Wildman–Crippen MR) is 76.0 cm³/mol. The third-order valence-electron chi connectivity index (χ3n) is 3.06. The van der Waals surface area contributed by atoms with Crippen molar-refractivity contribution in [1.82, 2.24) is 10.2 Å². The molecule has 1 heterocycles. The number of nitrogens with one attached hydrogen (secondary N) is 1. The second kappa shape index (κ2) is 6.73. The number of benzene rings is 1. The van der Waals surface area contributed by atoms with Crippen LogP contribution in [0, 0.1) is 0 Å². The van der Waals surface area contributed by atoms with E-state index in [-0.39, 0.29) is 17.9 Å². The fraction of sp³-hybridized carbons (Fsp3) is 0.429. The van der Waals surface area contributed by atoms with E-state index in [1.807, 2.05) is 25.1 Å². The van der Waals surface area contributed by atoms with Crippen molar-refractivity contribution in [2.75, 3.05) is 18.8 Å². The van der Waals surface area contributed by atoms with E-state index in [2.05, 4.69) is 17.4 Å². The first kappa shape index (κ1) is 14.1. The van der Waals surface area contributed by atoms with Crippen molar-refractivity contribution in [2.24, 2.45) is 0 Å². The van der Waals surface area contributed by atoms with Crippen LogP contribution in [0.25, 0.3) is 0 Å². The molecule has 5 heteroatoms. The van der Waals surface area contributed by atoms with Crippen molar-refractivity contribution in [3.8, 4) is 0 Å². The zero-order chi connectivity index (χ0) is 13.7. The van der Waals surface area contributed by atoms with Crippen LogP contribution in [0.1, 0.15) is 13.3 Å². The van der Waals surface area contributed by atoms with E-state index >= 15 is 0 Å². The summed E-state index contributed by atoms with van der Waals surface area (Å²) in [7, 11) is 0. The minimum atomic E-state index is -0.330. The third kappa shape index (κ3) is 3.58. The van der Waals surface area contributed by atoms with Crippen LogP contribution in [0.4, 0.5) is 0 Å². The predicted octanol–water partition coefficient (Wildman–Crippen LogP) is 1.52. The average Bonchev–Trinajstić information content (AvgIpc) is 2.70. The van der Waals surface area contributed by atoms with Gasteiger partial charge in [0.1, 0.15) is 0 Å². The van der Waals surface area contributed by atoms with Gasteiger partial charge in [0.25, 0.3) is 0 Å². The second-order valence-electron chi connectivity index (χ2n) is 4.35. The first-order valence-corrected chi connectivity index (χ1v) is 7.46. The van der Waals surface area contributed by atoms with E-state index in [1.165, 1.54) is 9.80 Å². The van der Waals surface area contributed by atoms with Gasteiger partial charge in [0, 0.05) is 23.7 Å². The highest BCUT2D eigenvalue weighted by Crippen LogP contribution is 2.17. The zero-order valence-corrected chi connectivity index (χ0v) is 11.8. The Bertz CT molecular complexity index is 450. The highest BCUT2D eigenvalue weighted by molar-refractivity contribution is 7.99. The molecule has 1 unspecified atom stereocenters. The van der Waals surface area contributed by atoms with Crippen LogP contribution in [-0.2, 0) is 9.59 Å². The topological polar surface area (TPSA) is 49.4 Å². The molecule has 1 fully saturated rings. The fourth-order valence-electron chi connectivity index (χ4n) is 2.09. The van der Waals surface area contributed by atoms with Gasteiger partial charge in [0.15, 0.2) is 0 Å². The quantitative estimate of drug-likeness (QED) is 0.487. The van der Waals surface area contributed by atoms with E-state index in [0.717, 1.165) is 12.3 Å². The molecule has 0 spiro atoms. The summed E-state index contributed by atoms with van der Waals surface area (Å²) in [5, 5.41) is 3.16. The van der Waals surface area contributed by atoms with Crippen molar-refractivity contribution >= 4 is 23.6 Å². The van der Waals surface area contributed by atoms with E-state index in [0.29, 0.717) is 13.0 Å². The number of carbonyl (C=O) groups is 2. The van der Waals surface area contributed by atoms with Gasteiger partial charge < -0.3 is 5.32 Å². The number of carbonyl (C=O) groups excluding carboxylic acids is 2. The van der Waals surface area contributed by atoms with Gasteiger partial charge in [-0.2, -0.15) is 0 Å². The number of imide groups is 1. The number of rotatable bonds is 6. The maximum Gasteiger partial charge on any atom is 0.246 e. The lowest BCUT2D eigenvalue weighted by Crippen LogP contribution is -2.39. The largest absolute Gasteiger partial charge is 0.305 e. The van der Waals surface area contributed by atoms with Gasteiger partial charge in [-0.1, -0.05) is 18.2 Å². The first-order valence-electron chi connectivity index (χ1n) is 6.47. The summed E-state index contributed by atoms with van der Waals surface area (Å²) >= 11 is 1.74. The Morgan fingerprint density at radius 3 is 2.68 bits per heavy atom. The van der Waals surface area contributed by atoms with Crippen LogP contribution >= 0.6 is 11.8 Å². The Kier molecular flexibility index (Phi) is 4.99. The highest BCUT2D eigenvalue weighted by atomic mass is 32.2. The monoisotopic (exact) mass is 278 g/mol. The molecule has 1 aromatic rings. The van der Waals surface area contributed by atoms with Crippen molar-refractivity contribution in [1.29, 1.82) is 0 Å². The maximum absolute atomic E-state index is 11.8. The fourth-order valence-corrected chi connectivity index (χ4v) is 2.90. The Hall–Kier alpha value is -1.33. The van der Waals surface area contributed by atoms with Crippen molar-refractivity contribution < 1.29 is 9.59 Å². The zero-order valence-electron chi connectivity index (χ0n) is 11.0. The average molecular weight is 278 g/mol. The van der Waals surface area contributed by atoms with Gasteiger partial charge in [-0.25, -0.2) is 0 Å². The normalized spacial score (nSPS) is 19.2. The van der Waals surface area contributed by atoms with Gasteiger partial charge in [0.05, 0.1) is 12.5 Å². The van der Waals surface area contributed by atoms with Crippen LogP contribution in [0.5, 0.6) is 0 Å². The Labute approximate surface area is 117 Å². The summed E-state index contributed by atoms with van der Waals surface area (Å²) in [6, 6.07) is 9.80. The molecule has 1 aliphatic rings. The Morgan fingerprint density at radius 2 is 2.05 bits per heavy atom. The summed E-state index contributed by atoms with van der Waals surface area (Å²) in [6.07, 6.45) is 0.294. The van der Waals surface area contributed by atoms with E-state index < -0.39 is 0 Å². The van der Waals surface area contributed by atoms with Gasteiger partial charge in [-0.05, 0) is 19.1 Å². The molecule has 2 amide bonds. The molecule has 0 saturated carbocycles. The van der Waals surface area contributed by atoms with Gasteiger partial charge in [0.2, 0.25) is 11.8 Å². The molecule has 1 saturated heterocycles. The van der Waals surface area contributed by atoms with Gasteiger partial charge >= 0.3 is 0 Å². The van der Waals surface area contributed by atoms with Crippen molar-refractivity contribution in [2.45, 2.75) is 24.3 Å². The number of thioether (sulfide) groups is 1. The van der Waals surface area contributed by atoms with Crippen LogP contribution < -0.4 is 5.32 Å². The Balaban J connectivity index is 1.72. The maximum atomic E-state index is 11.8. The number of nitrogens with zero attached hydrogens (tertiary/aromatic N) is 1. The van der Waals surface area contributed by atoms with Crippen molar-refractivity contribution in [3.63, 3.8) is 0 Å². The summed E-state index contributed by atoms with van der Waals surface area (Å²) in [5.74, 6) is 0.728. The summed E-state index contributed by atoms with van der Waals surface area (Å²) in [4.78, 5) is 25.9. The molecule has 102 valence electrons. The number of hydrogen-bond donors (Lipinski definition) is 1. The van der Waals surface area contributed by atoms with E-state index in [4.69, 9.17) is 0 Å². The summed E-state index contributed by atoms with van der Waals surface area (Å²) in [5.41, 5.74) is 0. The number of hydrogen-bond acceptors (Lipinski definition) is 4. The van der Waals surface area contributed by atoms with E-state index in [1.54, 1.807) is 11.8 Å². The molecule has 4 nitrogen and oxygen atoms in total. The van der Waals surface area contributed by atoms with Crippen molar-refractivity contribution in [3.05, 3.63) is 30.3 Å². The second-order valence-corrected chi connectivity index (χ2v) is 5.52. The number of amides is 2. The molecule has 1 N–H and O–H groups in total. The lowest BCUT2D eigenvalue weighted by Gasteiger charge is -2.12. The SMILES string of the molecule is CCN1C(=O)CC(NCCSc2ccccc2)C1=O. The molecular formula is C14H18N2O2S.